The normalized spacial score (nSPS) is 42.2. The van der Waals surface area contributed by atoms with Gasteiger partial charge >= 0.3 is 11.9 Å². The lowest BCUT2D eigenvalue weighted by atomic mass is 9.66. The maximum absolute atomic E-state index is 13.2. The summed E-state index contributed by atoms with van der Waals surface area (Å²) in [5, 5.41) is 5.79. The second-order valence-corrected chi connectivity index (χ2v) is 11.4. The van der Waals surface area contributed by atoms with Crippen molar-refractivity contribution in [3.8, 4) is 0 Å². The SMILES string of the molecule is C[C@@H](CNC(=O)[C@@]12CC[C@](C)(C(=O)O1)C2(C)C)NC(=O)[C@@]12CC[C@@](C)(C(=O)O1)C2(C)C. The Hall–Kier alpha value is -2.12. The van der Waals surface area contributed by atoms with Crippen LogP contribution in [0.3, 0.4) is 0 Å². The molecule has 2 aliphatic heterocycles. The Labute approximate surface area is 183 Å². The molecule has 0 spiro atoms. The summed E-state index contributed by atoms with van der Waals surface area (Å²) in [6.45, 7) is 13.3. The van der Waals surface area contributed by atoms with E-state index in [0.29, 0.717) is 25.7 Å². The Bertz CT molecular complexity index is 896. The Morgan fingerprint density at radius 1 is 0.806 bits per heavy atom. The van der Waals surface area contributed by atoms with Gasteiger partial charge in [-0.3, -0.25) is 19.2 Å². The van der Waals surface area contributed by atoms with Gasteiger partial charge in [0.1, 0.15) is 0 Å². The molecule has 2 saturated heterocycles. The molecule has 2 heterocycles. The topological polar surface area (TPSA) is 111 Å². The maximum Gasteiger partial charge on any atom is 0.313 e. The third-order valence-electron chi connectivity index (χ3n) is 9.85. The number of carbonyl (C=O) groups is 4. The number of hydrogen-bond acceptors (Lipinski definition) is 6. The maximum atomic E-state index is 13.2. The van der Waals surface area contributed by atoms with Crippen molar-refractivity contribution in [2.45, 2.75) is 91.4 Å². The number of esters is 2. The van der Waals surface area contributed by atoms with Crippen LogP contribution in [0.4, 0.5) is 0 Å². The lowest BCUT2D eigenvalue weighted by molar-refractivity contribution is -0.169. The first kappa shape index (κ1) is 22.1. The molecule has 4 aliphatic rings. The molecule has 4 rings (SSSR count). The standard InChI is InChI=1S/C23H34N2O6/c1-13(25-15(27)23-11-9-21(7,17(29)31-23)19(23,4)5)12-24-14(26)22-10-8-20(6,16(28)30-22)18(22,2)3/h13H,8-12H2,1-7H3,(H,24,26)(H,25,27)/t13-,20+,21-,22+,23+/m0/s1. The molecule has 8 nitrogen and oxygen atoms in total. The van der Waals surface area contributed by atoms with E-state index in [1.165, 1.54) is 0 Å². The molecule has 8 heteroatoms. The molecular formula is C23H34N2O6. The first-order chi connectivity index (χ1) is 14.1. The van der Waals surface area contributed by atoms with Crippen molar-refractivity contribution in [1.82, 2.24) is 10.6 Å². The van der Waals surface area contributed by atoms with Crippen molar-refractivity contribution < 1.29 is 28.7 Å². The number of nitrogens with one attached hydrogen (secondary N) is 2. The van der Waals surface area contributed by atoms with Crippen molar-refractivity contribution in [1.29, 1.82) is 0 Å². The van der Waals surface area contributed by atoms with Crippen LogP contribution < -0.4 is 10.6 Å². The van der Waals surface area contributed by atoms with Gasteiger partial charge in [0.2, 0.25) is 0 Å². The van der Waals surface area contributed by atoms with Crippen LogP contribution in [0, 0.1) is 21.7 Å². The predicted octanol–water partition coefficient (Wildman–Crippen LogP) is 1.85. The summed E-state index contributed by atoms with van der Waals surface area (Å²) in [6.07, 6.45) is 2.19. The number of ether oxygens (including phenoxy) is 2. The molecule has 0 radical (unpaired) electrons. The molecule has 2 amide bonds. The minimum Gasteiger partial charge on any atom is -0.448 e. The van der Waals surface area contributed by atoms with Crippen LogP contribution in [0.15, 0.2) is 0 Å². The van der Waals surface area contributed by atoms with E-state index in [2.05, 4.69) is 10.6 Å². The Kier molecular flexibility index (Phi) is 4.28. The average Bonchev–Trinajstić information content (AvgIpc) is 3.14. The van der Waals surface area contributed by atoms with Crippen LogP contribution >= 0.6 is 0 Å². The molecular weight excluding hydrogens is 400 g/mol. The van der Waals surface area contributed by atoms with Gasteiger partial charge < -0.3 is 20.1 Å². The second-order valence-electron chi connectivity index (χ2n) is 11.4. The summed E-state index contributed by atoms with van der Waals surface area (Å²) in [5.74, 6) is -1.30. The summed E-state index contributed by atoms with van der Waals surface area (Å²) < 4.78 is 11.2. The van der Waals surface area contributed by atoms with Crippen molar-refractivity contribution >= 4 is 23.8 Å². The van der Waals surface area contributed by atoms with Gasteiger partial charge in [-0.2, -0.15) is 0 Å². The van der Waals surface area contributed by atoms with E-state index in [-0.39, 0.29) is 30.3 Å². The summed E-state index contributed by atoms with van der Waals surface area (Å²) in [6, 6.07) is -0.391. The number of rotatable bonds is 5. The van der Waals surface area contributed by atoms with Crippen LogP contribution in [-0.2, 0) is 28.7 Å². The lowest BCUT2D eigenvalue weighted by Crippen LogP contribution is -2.58. The van der Waals surface area contributed by atoms with E-state index in [1.807, 2.05) is 41.5 Å². The molecule has 31 heavy (non-hydrogen) atoms. The number of hydrogen-bond donors (Lipinski definition) is 2. The van der Waals surface area contributed by atoms with Crippen molar-refractivity contribution in [3.63, 3.8) is 0 Å². The second kappa shape index (κ2) is 6.01. The van der Waals surface area contributed by atoms with E-state index in [4.69, 9.17) is 9.47 Å². The molecule has 0 unspecified atom stereocenters. The first-order valence-electron chi connectivity index (χ1n) is 11.2. The first-order valence-corrected chi connectivity index (χ1v) is 11.2. The van der Waals surface area contributed by atoms with Crippen LogP contribution in [0.5, 0.6) is 0 Å². The smallest absolute Gasteiger partial charge is 0.313 e. The minimum absolute atomic E-state index is 0.179. The summed E-state index contributed by atoms with van der Waals surface area (Å²) in [7, 11) is 0. The molecule has 5 atom stereocenters. The number of fused-ring (bicyclic) bond motifs is 4. The quantitative estimate of drug-likeness (QED) is 0.639. The largest absolute Gasteiger partial charge is 0.448 e. The molecule has 2 N–H and O–H groups in total. The van der Waals surface area contributed by atoms with Crippen LogP contribution in [0.25, 0.3) is 0 Å². The van der Waals surface area contributed by atoms with E-state index >= 15 is 0 Å². The number of amides is 2. The minimum atomic E-state index is -1.19. The van der Waals surface area contributed by atoms with E-state index in [1.54, 1.807) is 6.92 Å². The van der Waals surface area contributed by atoms with Gasteiger partial charge in [0.25, 0.3) is 11.8 Å². The highest BCUT2D eigenvalue weighted by molar-refractivity contribution is 5.97. The highest BCUT2D eigenvalue weighted by Crippen LogP contribution is 2.66. The van der Waals surface area contributed by atoms with E-state index in [0.717, 1.165) is 0 Å². The third-order valence-corrected chi connectivity index (χ3v) is 9.85. The molecule has 172 valence electrons. The van der Waals surface area contributed by atoms with Crippen LogP contribution in [-0.4, -0.2) is 47.5 Å². The van der Waals surface area contributed by atoms with Gasteiger partial charge in [0.05, 0.1) is 10.8 Å². The van der Waals surface area contributed by atoms with Crippen molar-refractivity contribution in [3.05, 3.63) is 0 Å². The van der Waals surface area contributed by atoms with Gasteiger partial charge in [-0.05, 0) is 46.5 Å². The highest BCUT2D eigenvalue weighted by atomic mass is 16.6. The lowest BCUT2D eigenvalue weighted by Gasteiger charge is -2.37. The Balaban J connectivity index is 1.41. The summed E-state index contributed by atoms with van der Waals surface area (Å²) >= 11 is 0. The summed E-state index contributed by atoms with van der Waals surface area (Å²) in [4.78, 5) is 51.1. The van der Waals surface area contributed by atoms with Gasteiger partial charge in [-0.15, -0.1) is 0 Å². The fourth-order valence-electron chi connectivity index (χ4n) is 6.27. The zero-order chi connectivity index (χ0) is 23.3. The van der Waals surface area contributed by atoms with Gasteiger partial charge in [-0.25, -0.2) is 0 Å². The molecule has 0 aromatic heterocycles. The molecule has 2 saturated carbocycles. The molecule has 2 aliphatic carbocycles. The molecule has 0 aromatic carbocycles. The molecule has 4 bridgehead atoms. The number of carbonyl (C=O) groups excluding carboxylic acids is 4. The van der Waals surface area contributed by atoms with Crippen LogP contribution in [0.1, 0.15) is 74.1 Å². The van der Waals surface area contributed by atoms with E-state index in [9.17, 15) is 19.2 Å². The molecule has 0 aromatic rings. The molecule has 4 fully saturated rings. The highest BCUT2D eigenvalue weighted by Gasteiger charge is 2.76. The van der Waals surface area contributed by atoms with Crippen molar-refractivity contribution in [2.24, 2.45) is 21.7 Å². The van der Waals surface area contributed by atoms with E-state index < -0.39 is 38.9 Å². The zero-order valence-corrected chi connectivity index (χ0v) is 19.6. The van der Waals surface area contributed by atoms with Gasteiger partial charge in [0.15, 0.2) is 11.2 Å². The van der Waals surface area contributed by atoms with Gasteiger partial charge in [-0.1, -0.05) is 27.7 Å². The monoisotopic (exact) mass is 434 g/mol. The fourth-order valence-corrected chi connectivity index (χ4v) is 6.27. The zero-order valence-electron chi connectivity index (χ0n) is 19.6. The summed E-state index contributed by atoms with van der Waals surface area (Å²) in [5.41, 5.74) is -4.96. The Morgan fingerprint density at radius 3 is 1.58 bits per heavy atom. The average molecular weight is 435 g/mol. The Morgan fingerprint density at radius 2 is 1.23 bits per heavy atom. The van der Waals surface area contributed by atoms with Gasteiger partial charge in [0, 0.05) is 23.4 Å². The van der Waals surface area contributed by atoms with Crippen molar-refractivity contribution in [2.75, 3.05) is 6.54 Å². The fraction of sp³-hybridized carbons (Fsp3) is 0.826. The van der Waals surface area contributed by atoms with Crippen LogP contribution in [0.2, 0.25) is 0 Å². The third kappa shape index (κ3) is 2.26. The predicted molar refractivity (Wildman–Crippen MR) is 111 cm³/mol.